The molecule has 0 spiro atoms. The van der Waals surface area contributed by atoms with Gasteiger partial charge in [0, 0.05) is 24.3 Å². The zero-order valence-corrected chi connectivity index (χ0v) is 11.7. The molecule has 5 heteroatoms. The van der Waals surface area contributed by atoms with Gasteiger partial charge in [-0.15, -0.1) is 0 Å². The Labute approximate surface area is 124 Å². The van der Waals surface area contributed by atoms with Crippen molar-refractivity contribution < 1.29 is 0 Å². The van der Waals surface area contributed by atoms with Crippen molar-refractivity contribution in [3.8, 4) is 0 Å². The molecular weight excluding hydrogens is 259 g/mol. The minimum absolute atomic E-state index is 0.518. The van der Waals surface area contributed by atoms with Crippen LogP contribution in [0.2, 0.25) is 0 Å². The number of pyridine rings is 2. The number of anilines is 1. The van der Waals surface area contributed by atoms with Crippen LogP contribution < -0.4 is 10.9 Å². The summed E-state index contributed by atoms with van der Waals surface area (Å²) in [6.07, 6.45) is 8.62. The third-order valence-corrected chi connectivity index (χ3v) is 3.83. The molecule has 21 heavy (non-hydrogen) atoms. The molecular formula is C16H15BN4. The molecule has 1 N–H and O–H groups in total. The SMILES string of the molecule is [B]c1cc(NCc2cn3cc(C4CC4)ccc3n2)ccn1. The summed E-state index contributed by atoms with van der Waals surface area (Å²) in [6.45, 7) is 0.671. The largest absolute Gasteiger partial charge is 0.379 e. The Hall–Kier alpha value is -2.30. The van der Waals surface area contributed by atoms with Gasteiger partial charge >= 0.3 is 0 Å². The average Bonchev–Trinajstić information content (AvgIpc) is 3.25. The van der Waals surface area contributed by atoms with E-state index in [0.717, 1.165) is 22.9 Å². The Morgan fingerprint density at radius 3 is 2.95 bits per heavy atom. The Morgan fingerprint density at radius 1 is 1.24 bits per heavy atom. The highest BCUT2D eigenvalue weighted by Gasteiger charge is 2.23. The van der Waals surface area contributed by atoms with E-state index in [9.17, 15) is 0 Å². The molecule has 0 atom stereocenters. The number of nitrogens with one attached hydrogen (secondary N) is 1. The Balaban J connectivity index is 1.53. The number of imidazole rings is 1. The van der Waals surface area contributed by atoms with Crippen molar-refractivity contribution in [1.29, 1.82) is 0 Å². The molecule has 3 aromatic rings. The molecule has 0 saturated heterocycles. The number of nitrogens with zero attached hydrogens (tertiary/aromatic N) is 3. The number of hydrogen-bond donors (Lipinski definition) is 1. The van der Waals surface area contributed by atoms with Crippen molar-refractivity contribution in [2.24, 2.45) is 0 Å². The Bertz CT molecular complexity index is 792. The van der Waals surface area contributed by atoms with Crippen molar-refractivity contribution in [3.05, 3.63) is 54.1 Å². The van der Waals surface area contributed by atoms with Gasteiger partial charge in [-0.05, 0) is 48.1 Å². The molecule has 0 aromatic carbocycles. The monoisotopic (exact) mass is 274 g/mol. The molecule has 0 aliphatic heterocycles. The summed E-state index contributed by atoms with van der Waals surface area (Å²) >= 11 is 0. The van der Waals surface area contributed by atoms with E-state index in [2.05, 4.69) is 44.2 Å². The Kier molecular flexibility index (Phi) is 2.91. The maximum atomic E-state index is 5.67. The molecule has 4 rings (SSSR count). The maximum Gasteiger partial charge on any atom is 0.141 e. The summed E-state index contributed by atoms with van der Waals surface area (Å²) in [5.74, 6) is 0.762. The molecule has 1 fully saturated rings. The van der Waals surface area contributed by atoms with Crippen LogP contribution in [0, 0.1) is 0 Å². The summed E-state index contributed by atoms with van der Waals surface area (Å²) in [5.41, 5.74) is 4.90. The van der Waals surface area contributed by atoms with Crippen molar-refractivity contribution in [2.75, 3.05) is 5.32 Å². The van der Waals surface area contributed by atoms with E-state index in [0.29, 0.717) is 12.1 Å². The fraction of sp³-hybridized carbons (Fsp3) is 0.250. The van der Waals surface area contributed by atoms with Gasteiger partial charge in [0.1, 0.15) is 13.5 Å². The fourth-order valence-electron chi connectivity index (χ4n) is 2.56. The molecule has 0 unspecified atom stereocenters. The van der Waals surface area contributed by atoms with Gasteiger partial charge in [-0.1, -0.05) is 6.07 Å². The van der Waals surface area contributed by atoms with E-state index in [1.807, 2.05) is 12.1 Å². The van der Waals surface area contributed by atoms with Gasteiger partial charge in [0.25, 0.3) is 0 Å². The second-order valence-electron chi connectivity index (χ2n) is 5.56. The quantitative estimate of drug-likeness (QED) is 0.740. The molecule has 3 heterocycles. The fourth-order valence-corrected chi connectivity index (χ4v) is 2.56. The van der Waals surface area contributed by atoms with Crippen molar-refractivity contribution >= 4 is 24.8 Å². The van der Waals surface area contributed by atoms with Crippen LogP contribution in [0.5, 0.6) is 0 Å². The molecule has 2 radical (unpaired) electrons. The topological polar surface area (TPSA) is 42.2 Å². The van der Waals surface area contributed by atoms with Crippen LogP contribution in [0.3, 0.4) is 0 Å². The highest BCUT2D eigenvalue weighted by Crippen LogP contribution is 2.39. The standard InChI is InChI=1S/C16H15BN4/c17-15-7-13(5-6-18-15)19-8-14-10-21-9-12(11-1-2-11)3-4-16(21)20-14/h3-7,9-11H,1-2,8H2,(H,18,19). The van der Waals surface area contributed by atoms with Gasteiger partial charge in [0.05, 0.1) is 12.2 Å². The number of hydrogen-bond acceptors (Lipinski definition) is 3. The first-order valence-electron chi connectivity index (χ1n) is 7.21. The molecule has 102 valence electrons. The van der Waals surface area contributed by atoms with E-state index >= 15 is 0 Å². The number of fused-ring (bicyclic) bond motifs is 1. The first-order valence-corrected chi connectivity index (χ1v) is 7.21. The van der Waals surface area contributed by atoms with Gasteiger partial charge in [-0.2, -0.15) is 0 Å². The summed E-state index contributed by atoms with van der Waals surface area (Å²) < 4.78 is 2.12. The van der Waals surface area contributed by atoms with Crippen molar-refractivity contribution in [3.63, 3.8) is 0 Å². The normalized spacial score (nSPS) is 14.5. The van der Waals surface area contributed by atoms with Crippen molar-refractivity contribution in [2.45, 2.75) is 25.3 Å². The number of rotatable bonds is 4. The van der Waals surface area contributed by atoms with Crippen LogP contribution in [-0.2, 0) is 6.54 Å². The summed E-state index contributed by atoms with van der Waals surface area (Å²) in [5, 5.41) is 3.32. The van der Waals surface area contributed by atoms with Crippen LogP contribution >= 0.6 is 0 Å². The molecule has 4 nitrogen and oxygen atoms in total. The molecule has 1 saturated carbocycles. The molecule has 3 aromatic heterocycles. The minimum atomic E-state index is 0.518. The van der Waals surface area contributed by atoms with E-state index in [-0.39, 0.29) is 0 Å². The highest BCUT2D eigenvalue weighted by atomic mass is 15.0. The summed E-state index contributed by atoms with van der Waals surface area (Å²) in [6, 6.07) is 8.01. The first-order chi connectivity index (χ1) is 10.3. The first kappa shape index (κ1) is 12.4. The lowest BCUT2D eigenvalue weighted by Gasteiger charge is -2.04. The van der Waals surface area contributed by atoms with Crippen LogP contribution in [0.1, 0.15) is 30.0 Å². The van der Waals surface area contributed by atoms with Gasteiger partial charge in [-0.3, -0.25) is 4.98 Å². The summed E-state index contributed by atoms with van der Waals surface area (Å²) in [4.78, 5) is 8.60. The van der Waals surface area contributed by atoms with Crippen molar-refractivity contribution in [1.82, 2.24) is 14.4 Å². The number of aromatic nitrogens is 3. The predicted octanol–water partition coefficient (Wildman–Crippen LogP) is 2.01. The molecule has 1 aliphatic carbocycles. The second-order valence-corrected chi connectivity index (χ2v) is 5.56. The smallest absolute Gasteiger partial charge is 0.141 e. The van der Waals surface area contributed by atoms with Crippen LogP contribution in [0.25, 0.3) is 5.65 Å². The lowest BCUT2D eigenvalue weighted by Crippen LogP contribution is -2.09. The van der Waals surface area contributed by atoms with E-state index in [4.69, 9.17) is 7.85 Å². The van der Waals surface area contributed by atoms with Gasteiger partial charge in [0.2, 0.25) is 0 Å². The zero-order chi connectivity index (χ0) is 14.2. The molecule has 0 bridgehead atoms. The Morgan fingerprint density at radius 2 is 2.14 bits per heavy atom. The lowest BCUT2D eigenvalue weighted by atomic mass is 10.0. The average molecular weight is 274 g/mol. The third-order valence-electron chi connectivity index (χ3n) is 3.83. The van der Waals surface area contributed by atoms with Gasteiger partial charge in [-0.25, -0.2) is 4.98 Å². The predicted molar refractivity (Wildman–Crippen MR) is 84.1 cm³/mol. The van der Waals surface area contributed by atoms with Crippen LogP contribution in [0.15, 0.2) is 42.9 Å². The zero-order valence-electron chi connectivity index (χ0n) is 11.7. The lowest BCUT2D eigenvalue weighted by molar-refractivity contribution is 1.05. The second kappa shape index (κ2) is 4.92. The van der Waals surface area contributed by atoms with Gasteiger partial charge < -0.3 is 9.72 Å². The minimum Gasteiger partial charge on any atom is -0.379 e. The third kappa shape index (κ3) is 2.64. The van der Waals surface area contributed by atoms with Gasteiger partial charge in [0.15, 0.2) is 0 Å². The van der Waals surface area contributed by atoms with Crippen LogP contribution in [-0.4, -0.2) is 22.2 Å². The molecule has 1 aliphatic rings. The highest BCUT2D eigenvalue weighted by molar-refractivity contribution is 6.30. The molecule has 0 amide bonds. The summed E-state index contributed by atoms with van der Waals surface area (Å²) in [7, 11) is 5.67. The van der Waals surface area contributed by atoms with E-state index in [1.165, 1.54) is 18.4 Å². The van der Waals surface area contributed by atoms with E-state index < -0.39 is 0 Å². The van der Waals surface area contributed by atoms with Crippen LogP contribution in [0.4, 0.5) is 5.69 Å². The van der Waals surface area contributed by atoms with E-state index in [1.54, 1.807) is 6.20 Å². The maximum absolute atomic E-state index is 5.67.